The number of aromatic hydroxyl groups is 1. The summed E-state index contributed by atoms with van der Waals surface area (Å²) >= 11 is 0. The van der Waals surface area contributed by atoms with Crippen LogP contribution in [0.25, 0.3) is 0 Å². The lowest BCUT2D eigenvalue weighted by Crippen LogP contribution is -2.34. The van der Waals surface area contributed by atoms with Crippen molar-refractivity contribution in [2.75, 3.05) is 5.73 Å². The minimum Gasteiger partial charge on any atom is -0.508 e. The second-order valence-corrected chi connectivity index (χ2v) is 4.29. The summed E-state index contributed by atoms with van der Waals surface area (Å²) in [5.74, 6) is -0.168. The Morgan fingerprint density at radius 1 is 1.53 bits per heavy atom. The summed E-state index contributed by atoms with van der Waals surface area (Å²) in [7, 11) is 0. The molecule has 0 aromatic heterocycles. The molecular formula is C11H14N2O2. The van der Waals surface area contributed by atoms with E-state index in [1.807, 2.05) is 6.92 Å². The first-order chi connectivity index (χ1) is 7.00. The Hall–Kier alpha value is -1.71. The van der Waals surface area contributed by atoms with Crippen LogP contribution >= 0.6 is 0 Å². The molecule has 1 saturated carbocycles. The number of phenolic OH excluding ortho intramolecular Hbond substituents is 1. The number of rotatable bonds is 2. The van der Waals surface area contributed by atoms with Crippen molar-refractivity contribution in [2.45, 2.75) is 25.3 Å². The van der Waals surface area contributed by atoms with Crippen molar-refractivity contribution in [3.8, 4) is 5.75 Å². The lowest BCUT2D eigenvalue weighted by molar-refractivity contribution is 0.0936. The van der Waals surface area contributed by atoms with E-state index in [2.05, 4.69) is 5.32 Å². The highest BCUT2D eigenvalue weighted by atomic mass is 16.3. The van der Waals surface area contributed by atoms with Gasteiger partial charge in [0.15, 0.2) is 0 Å². The van der Waals surface area contributed by atoms with Crippen molar-refractivity contribution in [1.29, 1.82) is 0 Å². The van der Waals surface area contributed by atoms with E-state index in [1.54, 1.807) is 0 Å². The molecule has 1 aliphatic carbocycles. The lowest BCUT2D eigenvalue weighted by atomic mass is 10.1. The molecule has 1 aromatic carbocycles. The summed E-state index contributed by atoms with van der Waals surface area (Å²) < 4.78 is 0. The molecule has 1 aliphatic rings. The largest absolute Gasteiger partial charge is 0.508 e. The maximum atomic E-state index is 11.8. The van der Waals surface area contributed by atoms with Gasteiger partial charge in [-0.2, -0.15) is 0 Å². The summed E-state index contributed by atoms with van der Waals surface area (Å²) in [5, 5.41) is 12.1. The molecule has 0 unspecified atom stereocenters. The van der Waals surface area contributed by atoms with Gasteiger partial charge in [0.1, 0.15) is 5.75 Å². The number of amides is 1. The number of nitrogen functional groups attached to an aromatic ring is 1. The average Bonchev–Trinajstić information content (AvgIpc) is 2.87. The van der Waals surface area contributed by atoms with Gasteiger partial charge in [-0.3, -0.25) is 4.79 Å². The van der Waals surface area contributed by atoms with E-state index in [4.69, 9.17) is 5.73 Å². The third kappa shape index (κ3) is 2.03. The molecule has 0 heterocycles. The van der Waals surface area contributed by atoms with Crippen LogP contribution in [0.5, 0.6) is 5.75 Å². The molecule has 2 rings (SSSR count). The SMILES string of the molecule is CC1(NC(=O)c2cc(O)ccc2N)CC1. The molecule has 4 heteroatoms. The zero-order chi connectivity index (χ0) is 11.1. The number of nitrogens with one attached hydrogen (secondary N) is 1. The van der Waals surface area contributed by atoms with E-state index < -0.39 is 0 Å². The highest BCUT2D eigenvalue weighted by Crippen LogP contribution is 2.34. The van der Waals surface area contributed by atoms with Crippen LogP contribution in [0.2, 0.25) is 0 Å². The predicted octanol–water partition coefficient (Wildman–Crippen LogP) is 1.26. The molecule has 1 aromatic rings. The van der Waals surface area contributed by atoms with Crippen LogP contribution in [-0.4, -0.2) is 16.6 Å². The van der Waals surface area contributed by atoms with Gasteiger partial charge in [-0.25, -0.2) is 0 Å². The first kappa shape index (κ1) is 9.83. The maximum Gasteiger partial charge on any atom is 0.253 e. The smallest absolute Gasteiger partial charge is 0.253 e. The van der Waals surface area contributed by atoms with Crippen molar-refractivity contribution >= 4 is 11.6 Å². The highest BCUT2D eigenvalue weighted by molar-refractivity contribution is 6.00. The van der Waals surface area contributed by atoms with Gasteiger partial charge in [-0.05, 0) is 38.0 Å². The quantitative estimate of drug-likeness (QED) is 0.503. The van der Waals surface area contributed by atoms with Gasteiger partial charge in [0.05, 0.1) is 5.56 Å². The normalized spacial score (nSPS) is 17.1. The van der Waals surface area contributed by atoms with Crippen LogP contribution < -0.4 is 11.1 Å². The van der Waals surface area contributed by atoms with Crippen LogP contribution in [0.15, 0.2) is 18.2 Å². The molecule has 0 radical (unpaired) electrons. The Morgan fingerprint density at radius 2 is 2.20 bits per heavy atom. The van der Waals surface area contributed by atoms with E-state index in [1.165, 1.54) is 18.2 Å². The fourth-order valence-electron chi connectivity index (χ4n) is 1.39. The van der Waals surface area contributed by atoms with Gasteiger partial charge < -0.3 is 16.2 Å². The Kier molecular flexibility index (Phi) is 2.07. The summed E-state index contributed by atoms with van der Waals surface area (Å²) in [6, 6.07) is 4.38. The summed E-state index contributed by atoms with van der Waals surface area (Å²) in [4.78, 5) is 11.8. The first-order valence-electron chi connectivity index (χ1n) is 4.91. The van der Waals surface area contributed by atoms with Gasteiger partial charge in [-0.1, -0.05) is 0 Å². The first-order valence-corrected chi connectivity index (χ1v) is 4.91. The number of hydrogen-bond acceptors (Lipinski definition) is 3. The number of benzene rings is 1. The molecule has 4 N–H and O–H groups in total. The van der Waals surface area contributed by atoms with Crippen LogP contribution in [0, 0.1) is 0 Å². The monoisotopic (exact) mass is 206 g/mol. The highest BCUT2D eigenvalue weighted by Gasteiger charge is 2.39. The van der Waals surface area contributed by atoms with E-state index in [9.17, 15) is 9.90 Å². The van der Waals surface area contributed by atoms with Crippen molar-refractivity contribution in [1.82, 2.24) is 5.32 Å². The van der Waals surface area contributed by atoms with E-state index in [0.29, 0.717) is 11.3 Å². The number of nitrogens with two attached hydrogens (primary N) is 1. The molecule has 80 valence electrons. The Bertz CT molecular complexity index is 411. The number of carbonyl (C=O) groups excluding carboxylic acids is 1. The molecular weight excluding hydrogens is 192 g/mol. The minimum absolute atomic E-state index is 0.0512. The van der Waals surface area contributed by atoms with Gasteiger partial charge in [0.25, 0.3) is 5.91 Å². The molecule has 0 bridgehead atoms. The number of anilines is 1. The summed E-state index contributed by atoms with van der Waals surface area (Å²) in [5.41, 5.74) is 6.30. The molecule has 15 heavy (non-hydrogen) atoms. The molecule has 4 nitrogen and oxygen atoms in total. The van der Waals surface area contributed by atoms with Gasteiger partial charge in [0.2, 0.25) is 0 Å². The topological polar surface area (TPSA) is 75.3 Å². The molecule has 0 spiro atoms. The lowest BCUT2D eigenvalue weighted by Gasteiger charge is -2.12. The number of phenols is 1. The van der Waals surface area contributed by atoms with E-state index in [0.717, 1.165) is 12.8 Å². The van der Waals surface area contributed by atoms with Gasteiger partial charge in [-0.15, -0.1) is 0 Å². The molecule has 1 amide bonds. The Balaban J connectivity index is 2.21. The molecule has 0 atom stereocenters. The van der Waals surface area contributed by atoms with E-state index in [-0.39, 0.29) is 17.2 Å². The zero-order valence-electron chi connectivity index (χ0n) is 8.58. The second kappa shape index (κ2) is 3.15. The van der Waals surface area contributed by atoms with Gasteiger partial charge in [0, 0.05) is 11.2 Å². The van der Waals surface area contributed by atoms with Crippen molar-refractivity contribution in [3.63, 3.8) is 0 Å². The van der Waals surface area contributed by atoms with Crippen LogP contribution in [0.4, 0.5) is 5.69 Å². The van der Waals surface area contributed by atoms with Gasteiger partial charge >= 0.3 is 0 Å². The van der Waals surface area contributed by atoms with Crippen molar-refractivity contribution in [2.24, 2.45) is 0 Å². The Morgan fingerprint density at radius 3 is 2.80 bits per heavy atom. The fraction of sp³-hybridized carbons (Fsp3) is 0.364. The van der Waals surface area contributed by atoms with Crippen molar-refractivity contribution in [3.05, 3.63) is 23.8 Å². The second-order valence-electron chi connectivity index (χ2n) is 4.29. The average molecular weight is 206 g/mol. The van der Waals surface area contributed by atoms with Crippen LogP contribution in [0.1, 0.15) is 30.1 Å². The number of carbonyl (C=O) groups is 1. The van der Waals surface area contributed by atoms with Crippen LogP contribution in [-0.2, 0) is 0 Å². The molecule has 1 fully saturated rings. The molecule has 0 saturated heterocycles. The predicted molar refractivity (Wildman–Crippen MR) is 57.6 cm³/mol. The van der Waals surface area contributed by atoms with Crippen LogP contribution in [0.3, 0.4) is 0 Å². The third-order valence-electron chi connectivity index (χ3n) is 2.70. The Labute approximate surface area is 88.1 Å². The zero-order valence-corrected chi connectivity index (χ0v) is 8.58. The minimum atomic E-state index is -0.219. The maximum absolute atomic E-state index is 11.8. The summed E-state index contributed by atoms with van der Waals surface area (Å²) in [6.07, 6.45) is 1.99. The molecule has 0 aliphatic heterocycles. The van der Waals surface area contributed by atoms with Crippen molar-refractivity contribution < 1.29 is 9.90 Å². The third-order valence-corrected chi connectivity index (χ3v) is 2.70. The number of hydrogen-bond donors (Lipinski definition) is 3. The van der Waals surface area contributed by atoms with E-state index >= 15 is 0 Å². The fourth-order valence-corrected chi connectivity index (χ4v) is 1.39. The summed E-state index contributed by atoms with van der Waals surface area (Å²) in [6.45, 7) is 1.99. The standard InChI is InChI=1S/C11H14N2O2/c1-11(4-5-11)13-10(15)8-6-7(14)2-3-9(8)12/h2-3,6,14H,4-5,12H2,1H3,(H,13,15).